The van der Waals surface area contributed by atoms with Crippen molar-refractivity contribution >= 4 is 86.0 Å². The number of likely N-dealkylation sites (tertiary alicyclic amines) is 1. The van der Waals surface area contributed by atoms with Crippen molar-refractivity contribution in [2.24, 2.45) is 0 Å². The van der Waals surface area contributed by atoms with Crippen molar-refractivity contribution in [2.75, 3.05) is 44.2 Å². The van der Waals surface area contributed by atoms with Gasteiger partial charge in [-0.3, -0.25) is 23.7 Å². The largest absolute Gasteiger partial charge is 0.444 e. The molecule has 3 fully saturated rings. The van der Waals surface area contributed by atoms with Crippen LogP contribution in [0, 0.1) is 0 Å². The van der Waals surface area contributed by atoms with Crippen molar-refractivity contribution in [1.29, 1.82) is 0 Å². The second-order valence-electron chi connectivity index (χ2n) is 28.1. The molecule has 0 bridgehead atoms. The van der Waals surface area contributed by atoms with E-state index in [1.165, 1.54) is 18.6 Å². The van der Waals surface area contributed by atoms with Crippen LogP contribution in [0.5, 0.6) is 0 Å². The Labute approximate surface area is 623 Å². The summed E-state index contributed by atoms with van der Waals surface area (Å²) in [6, 6.07) is 31.5. The van der Waals surface area contributed by atoms with Crippen molar-refractivity contribution in [3.63, 3.8) is 0 Å². The van der Waals surface area contributed by atoms with Crippen molar-refractivity contribution in [3.05, 3.63) is 193 Å². The molecule has 0 atom stereocenters. The minimum Gasteiger partial charge on any atom is -0.444 e. The highest BCUT2D eigenvalue weighted by Crippen LogP contribution is 2.36. The third-order valence-corrected chi connectivity index (χ3v) is 18.9. The van der Waals surface area contributed by atoms with Crippen LogP contribution in [0.1, 0.15) is 143 Å². The molecule has 0 spiro atoms. The van der Waals surface area contributed by atoms with E-state index in [2.05, 4.69) is 130 Å². The predicted octanol–water partition coefficient (Wildman–Crippen LogP) is 15.3. The maximum atomic E-state index is 15.9. The summed E-state index contributed by atoms with van der Waals surface area (Å²) >= 11 is 3.25. The van der Waals surface area contributed by atoms with Crippen LogP contribution < -0.4 is 27.3 Å². The zero-order chi connectivity index (χ0) is 71.8. The molecule has 0 unspecified atom stereocenters. The Hall–Kier alpha value is -9.11. The van der Waals surface area contributed by atoms with Gasteiger partial charge < -0.3 is 34.8 Å². The molecule has 0 radical (unpaired) electrons. The normalized spacial score (nSPS) is 15.3. The standard InChI is InChI=1S/C25H27FN6O.C25H32FN5O3.C20H24FN5O.C5H4BrN.CH4.2ClH/c1-17(2)19-7-3-4-8-20(19)22-28-15-21-23(30-22)32(24(33)29-21)16-25(26)9-12-31(13-10-25)18-6-5-11-27-14-18;1-16(2)17-8-6-7-9-18(17)20-27-14-19-21(29-20)31(22(32)28-19)15-25(26)10-12-30(13-11-25)23(33)34-24(3,4)5;1-13(2)14-5-3-4-6-15(14)17-23-11-16-18(25-17)26(19(27)24-16)12-20(21)7-9-22-10-8-20;6-5-2-1-3-7-4-5;;;/h3-8,11,14-15,17H,9-10,12-13,16H2,1-2H3,(H,29,33);6-9,14,16H,10-13,15H2,1-5H3,(H,28,32);3-6,11,13,22H,7-10,12H2,1-2H3,(H,24,27);1-4H;1H4;2*1H. The second-order valence-corrected chi connectivity index (χ2v) is 29.0. The number of aromatic amines is 3. The van der Waals surface area contributed by atoms with E-state index in [1.807, 2.05) is 84.9 Å². The third-order valence-electron chi connectivity index (χ3n) is 18.4. The number of amides is 1. The van der Waals surface area contributed by atoms with Crippen molar-refractivity contribution < 1.29 is 22.7 Å². The number of aromatic nitrogens is 14. The summed E-state index contributed by atoms with van der Waals surface area (Å²) in [6.07, 6.45) is 13.0. The SMILES string of the molecule is Brc1cccnc1.C.CC(C)c1ccccc1-c1ncc2[nH]c(=O)n(CC3(F)CCN(C(=O)OC(C)(C)C)CC3)c2n1.CC(C)c1ccccc1-c1ncc2[nH]c(=O)n(CC3(F)CCN(c4cccnc4)CC3)c2n1.CC(C)c1ccccc1-c1ncc2[nH]c(=O)n(CC3(F)CCNCC3)c2n1.Cl.Cl. The van der Waals surface area contributed by atoms with Crippen LogP contribution in [-0.2, 0) is 24.4 Å². The Morgan fingerprint density at radius 3 is 1.19 bits per heavy atom. The maximum absolute atomic E-state index is 15.9. The van der Waals surface area contributed by atoms with Crippen LogP contribution in [-0.4, -0.2) is 141 Å². The van der Waals surface area contributed by atoms with Gasteiger partial charge in [0.2, 0.25) is 0 Å². The molecule has 4 N–H and O–H groups in total. The van der Waals surface area contributed by atoms with Crippen LogP contribution in [0.15, 0.2) is 159 Å². The van der Waals surface area contributed by atoms with Gasteiger partial charge >= 0.3 is 23.2 Å². The quantitative estimate of drug-likeness (QED) is 0.0836. The molecule has 0 saturated carbocycles. The smallest absolute Gasteiger partial charge is 0.410 e. The van der Waals surface area contributed by atoms with Gasteiger partial charge in [0, 0.05) is 91.6 Å². The first-order valence-corrected chi connectivity index (χ1v) is 35.2. The van der Waals surface area contributed by atoms with Crippen molar-refractivity contribution in [2.45, 2.75) is 168 Å². The lowest BCUT2D eigenvalue weighted by molar-refractivity contribution is -0.000557. The minimum atomic E-state index is -1.64. The third kappa shape index (κ3) is 19.4. The number of hydrogen-bond donors (Lipinski definition) is 4. The Morgan fingerprint density at radius 2 is 0.865 bits per heavy atom. The van der Waals surface area contributed by atoms with E-state index < -0.39 is 34.4 Å². The monoisotopic (exact) mass is 1530 g/mol. The molecule has 11 aromatic rings. The van der Waals surface area contributed by atoms with E-state index in [4.69, 9.17) is 9.72 Å². The predicted molar refractivity (Wildman–Crippen MR) is 413 cm³/mol. The van der Waals surface area contributed by atoms with E-state index >= 15 is 13.2 Å². The Balaban J connectivity index is 0.000000186. The zero-order valence-corrected chi connectivity index (χ0v) is 62.5. The van der Waals surface area contributed by atoms with E-state index in [-0.39, 0.29) is 95.1 Å². The average Bonchev–Trinajstić information content (AvgIpc) is 1.61. The van der Waals surface area contributed by atoms with E-state index in [0.29, 0.717) is 115 Å². The number of ether oxygens (including phenoxy) is 1. The highest BCUT2D eigenvalue weighted by atomic mass is 79.9. The fraction of sp³-hybridized carbons (Fsp3) is 0.421. The summed E-state index contributed by atoms with van der Waals surface area (Å²) in [4.78, 5) is 97.5. The first-order valence-electron chi connectivity index (χ1n) is 34.4. The number of piperidine rings is 3. The van der Waals surface area contributed by atoms with Gasteiger partial charge in [0.05, 0.1) is 50.1 Å². The summed E-state index contributed by atoms with van der Waals surface area (Å²) in [7, 11) is 0. The fourth-order valence-corrected chi connectivity index (χ4v) is 13.2. The Morgan fingerprint density at radius 1 is 0.510 bits per heavy atom. The van der Waals surface area contributed by atoms with Gasteiger partial charge in [0.25, 0.3) is 0 Å². The number of alkyl halides is 3. The highest BCUT2D eigenvalue weighted by Gasteiger charge is 2.40. The molecule has 0 aliphatic carbocycles. The topological polar surface area (TPSA) is 261 Å². The fourth-order valence-electron chi connectivity index (χ4n) is 12.9. The molecule has 554 valence electrons. The lowest BCUT2D eigenvalue weighted by Crippen LogP contribution is -2.48. The number of rotatable bonds is 13. The maximum Gasteiger partial charge on any atom is 0.410 e. The number of H-pyrrole nitrogens is 3. The van der Waals surface area contributed by atoms with Crippen LogP contribution in [0.2, 0.25) is 0 Å². The molecule has 14 rings (SSSR count). The molecule has 3 aliphatic rings. The Bertz CT molecular complexity index is 4850. The van der Waals surface area contributed by atoms with E-state index in [0.717, 1.165) is 43.5 Å². The van der Waals surface area contributed by atoms with E-state index in [1.54, 1.807) is 64.1 Å². The molecule has 11 heterocycles. The number of nitrogens with zero attached hydrogens (tertiary/aromatic N) is 13. The molecular formula is C76H93BrCl2F3N17O5. The van der Waals surface area contributed by atoms with Crippen LogP contribution in [0.3, 0.4) is 0 Å². The number of hydrogen-bond acceptors (Lipinski definition) is 15. The lowest BCUT2D eigenvalue weighted by atomic mass is 9.93. The molecular weight excluding hydrogens is 1440 g/mol. The van der Waals surface area contributed by atoms with Gasteiger partial charge in [-0.25, -0.2) is 62.3 Å². The van der Waals surface area contributed by atoms with Gasteiger partial charge in [-0.05, 0) is 121 Å². The number of anilines is 1. The van der Waals surface area contributed by atoms with Crippen molar-refractivity contribution in [3.8, 4) is 34.2 Å². The summed E-state index contributed by atoms with van der Waals surface area (Å²) in [5, 5.41) is 3.16. The number of benzene rings is 3. The lowest BCUT2D eigenvalue weighted by Gasteiger charge is -2.37. The summed E-state index contributed by atoms with van der Waals surface area (Å²) in [5.74, 6) is 2.48. The Kier molecular flexibility index (Phi) is 26.9. The number of imidazole rings is 3. The molecule has 3 aliphatic heterocycles. The van der Waals surface area contributed by atoms with Crippen LogP contribution >= 0.6 is 40.7 Å². The first kappa shape index (κ1) is 80.6. The van der Waals surface area contributed by atoms with Gasteiger partial charge in [-0.1, -0.05) is 122 Å². The van der Waals surface area contributed by atoms with Gasteiger partial charge in [0.15, 0.2) is 34.4 Å². The zero-order valence-electron chi connectivity index (χ0n) is 59.3. The van der Waals surface area contributed by atoms with Gasteiger partial charge in [0.1, 0.15) is 39.2 Å². The van der Waals surface area contributed by atoms with Crippen LogP contribution in [0.25, 0.3) is 67.7 Å². The molecule has 1 amide bonds. The number of halogens is 6. The number of pyridine rings is 2. The number of fused-ring (bicyclic) bond motifs is 3. The minimum absolute atomic E-state index is 0. The van der Waals surface area contributed by atoms with Gasteiger partial charge in [-0.2, -0.15) is 0 Å². The molecule has 104 heavy (non-hydrogen) atoms. The highest BCUT2D eigenvalue weighted by molar-refractivity contribution is 9.10. The molecule has 8 aromatic heterocycles. The summed E-state index contributed by atoms with van der Waals surface area (Å²) in [5.41, 5.74) is 3.63. The number of carbonyl (C=O) groups excluding carboxylic acids is 1. The number of nitrogens with one attached hydrogen (secondary N) is 4. The second kappa shape index (κ2) is 34.7. The molecule has 22 nitrogen and oxygen atoms in total. The van der Waals surface area contributed by atoms with Crippen LogP contribution in [0.4, 0.5) is 23.7 Å². The van der Waals surface area contributed by atoms with Gasteiger partial charge in [-0.15, -0.1) is 24.8 Å². The first-order chi connectivity index (χ1) is 48.2. The average molecular weight is 1530 g/mol. The summed E-state index contributed by atoms with van der Waals surface area (Å²) < 4.78 is 57.5. The molecule has 3 aromatic carbocycles. The molecule has 28 heteroatoms. The molecule has 3 saturated heterocycles. The summed E-state index contributed by atoms with van der Waals surface area (Å²) in [6.45, 7) is 20.7. The number of carbonyl (C=O) groups is 1. The van der Waals surface area contributed by atoms with E-state index in [9.17, 15) is 19.2 Å². The van der Waals surface area contributed by atoms with Crippen molar-refractivity contribution in [1.82, 2.24) is 78.7 Å².